The van der Waals surface area contributed by atoms with Crippen LogP contribution in [0.25, 0.3) is 5.69 Å². The Morgan fingerprint density at radius 1 is 1.04 bits per heavy atom. The molecule has 1 unspecified atom stereocenters. The van der Waals surface area contributed by atoms with Crippen LogP contribution in [0.3, 0.4) is 0 Å². The predicted molar refractivity (Wildman–Crippen MR) is 102 cm³/mol. The highest BCUT2D eigenvalue weighted by Crippen LogP contribution is 2.34. The van der Waals surface area contributed by atoms with Crippen molar-refractivity contribution in [1.82, 2.24) is 9.78 Å². The van der Waals surface area contributed by atoms with Crippen LogP contribution >= 0.6 is 0 Å². The van der Waals surface area contributed by atoms with Crippen molar-refractivity contribution in [3.63, 3.8) is 0 Å². The molecular formula is C21H25N3O. The van der Waals surface area contributed by atoms with Crippen LogP contribution in [0.5, 0.6) is 5.75 Å². The van der Waals surface area contributed by atoms with Gasteiger partial charge in [-0.2, -0.15) is 5.10 Å². The number of hydrogen-bond acceptors (Lipinski definition) is 3. The van der Waals surface area contributed by atoms with Gasteiger partial charge in [0.1, 0.15) is 5.75 Å². The first kappa shape index (κ1) is 17.2. The lowest BCUT2D eigenvalue weighted by Crippen LogP contribution is -2.18. The van der Waals surface area contributed by atoms with Crippen LogP contribution in [0, 0.1) is 20.8 Å². The number of aryl methyl sites for hydroxylation is 3. The van der Waals surface area contributed by atoms with E-state index in [4.69, 9.17) is 15.6 Å². The van der Waals surface area contributed by atoms with Crippen molar-refractivity contribution in [2.75, 3.05) is 13.7 Å². The molecule has 130 valence electrons. The molecule has 0 fully saturated rings. The summed E-state index contributed by atoms with van der Waals surface area (Å²) in [5, 5.41) is 4.69. The lowest BCUT2D eigenvalue weighted by molar-refractivity contribution is 0.406. The summed E-state index contributed by atoms with van der Waals surface area (Å²) in [6, 6.07) is 16.5. The fourth-order valence-electron chi connectivity index (χ4n) is 3.21. The molecule has 0 radical (unpaired) electrons. The second-order valence-corrected chi connectivity index (χ2v) is 6.42. The van der Waals surface area contributed by atoms with Crippen LogP contribution < -0.4 is 10.5 Å². The third-order valence-electron chi connectivity index (χ3n) is 4.67. The van der Waals surface area contributed by atoms with E-state index in [0.717, 1.165) is 28.4 Å². The van der Waals surface area contributed by atoms with E-state index in [2.05, 4.69) is 44.2 Å². The van der Waals surface area contributed by atoms with E-state index < -0.39 is 0 Å². The topological polar surface area (TPSA) is 53.1 Å². The van der Waals surface area contributed by atoms with E-state index in [0.29, 0.717) is 6.54 Å². The summed E-state index contributed by atoms with van der Waals surface area (Å²) in [7, 11) is 1.71. The summed E-state index contributed by atoms with van der Waals surface area (Å²) in [6.45, 7) is 6.70. The Hall–Kier alpha value is -2.59. The lowest BCUT2D eigenvalue weighted by Gasteiger charge is -2.21. The highest BCUT2D eigenvalue weighted by atomic mass is 16.5. The number of benzene rings is 2. The van der Waals surface area contributed by atoms with Gasteiger partial charge in [0.15, 0.2) is 0 Å². The molecule has 4 nitrogen and oxygen atoms in total. The normalized spacial score (nSPS) is 12.2. The quantitative estimate of drug-likeness (QED) is 0.769. The predicted octanol–water partition coefficient (Wildman–Crippen LogP) is 3.90. The number of aromatic nitrogens is 2. The molecule has 0 saturated carbocycles. The number of ether oxygens (including phenoxy) is 1. The summed E-state index contributed by atoms with van der Waals surface area (Å²) in [6.07, 6.45) is 0. The fraction of sp³-hybridized carbons (Fsp3) is 0.286. The second-order valence-electron chi connectivity index (χ2n) is 6.42. The zero-order valence-corrected chi connectivity index (χ0v) is 15.3. The Morgan fingerprint density at radius 3 is 2.36 bits per heavy atom. The van der Waals surface area contributed by atoms with Gasteiger partial charge in [0, 0.05) is 18.0 Å². The molecule has 3 rings (SSSR count). The molecule has 1 atom stereocenters. The Bertz CT molecular complexity index is 868. The zero-order chi connectivity index (χ0) is 18.0. The van der Waals surface area contributed by atoms with Crippen molar-refractivity contribution in [2.24, 2.45) is 5.73 Å². The number of para-hydroxylation sites is 1. The molecule has 0 saturated heterocycles. The van der Waals surface area contributed by atoms with Gasteiger partial charge in [-0.1, -0.05) is 24.3 Å². The molecule has 3 aromatic rings. The van der Waals surface area contributed by atoms with E-state index in [1.54, 1.807) is 7.11 Å². The summed E-state index contributed by atoms with van der Waals surface area (Å²) < 4.78 is 7.64. The van der Waals surface area contributed by atoms with Gasteiger partial charge in [0.25, 0.3) is 0 Å². The van der Waals surface area contributed by atoms with Gasteiger partial charge < -0.3 is 10.5 Å². The molecule has 1 aromatic heterocycles. The fourth-order valence-corrected chi connectivity index (χ4v) is 3.21. The van der Waals surface area contributed by atoms with Crippen LogP contribution in [-0.2, 0) is 0 Å². The van der Waals surface area contributed by atoms with Crippen molar-refractivity contribution in [3.8, 4) is 11.4 Å². The zero-order valence-electron chi connectivity index (χ0n) is 15.3. The first-order chi connectivity index (χ1) is 12.0. The first-order valence-electron chi connectivity index (χ1n) is 8.52. The minimum absolute atomic E-state index is 0.00987. The van der Waals surface area contributed by atoms with Crippen LogP contribution in [0.4, 0.5) is 0 Å². The van der Waals surface area contributed by atoms with Crippen LogP contribution in [-0.4, -0.2) is 23.4 Å². The first-order valence-corrected chi connectivity index (χ1v) is 8.52. The van der Waals surface area contributed by atoms with Crippen molar-refractivity contribution >= 4 is 0 Å². The molecule has 0 spiro atoms. The number of methoxy groups -OCH3 is 1. The van der Waals surface area contributed by atoms with Gasteiger partial charge in [0.05, 0.1) is 24.2 Å². The standard InChI is InChI=1S/C21H25N3O/c1-14-10-18(21(25-4)11-15(14)2)19(13-22)20-12-16(3)23-24(20)17-8-6-5-7-9-17/h5-12,19H,13,22H2,1-4H3. The molecule has 25 heavy (non-hydrogen) atoms. The average Bonchev–Trinajstić information content (AvgIpc) is 3.00. The van der Waals surface area contributed by atoms with E-state index >= 15 is 0 Å². The van der Waals surface area contributed by atoms with E-state index in [-0.39, 0.29) is 5.92 Å². The minimum Gasteiger partial charge on any atom is -0.496 e. The molecule has 0 aliphatic heterocycles. The van der Waals surface area contributed by atoms with Gasteiger partial charge in [-0.15, -0.1) is 0 Å². The Balaban J connectivity index is 2.17. The molecule has 1 heterocycles. The molecular weight excluding hydrogens is 310 g/mol. The molecule has 0 bridgehead atoms. The largest absolute Gasteiger partial charge is 0.496 e. The van der Waals surface area contributed by atoms with Crippen molar-refractivity contribution < 1.29 is 4.74 Å². The van der Waals surface area contributed by atoms with E-state index in [1.807, 2.05) is 29.8 Å². The molecule has 2 aromatic carbocycles. The summed E-state index contributed by atoms with van der Waals surface area (Å²) in [5.74, 6) is 0.882. The maximum Gasteiger partial charge on any atom is 0.123 e. The maximum absolute atomic E-state index is 6.21. The van der Waals surface area contributed by atoms with Gasteiger partial charge in [-0.3, -0.25) is 0 Å². The van der Waals surface area contributed by atoms with Crippen LogP contribution in [0.2, 0.25) is 0 Å². The molecule has 0 amide bonds. The van der Waals surface area contributed by atoms with Crippen molar-refractivity contribution in [3.05, 3.63) is 76.6 Å². The summed E-state index contributed by atoms with van der Waals surface area (Å²) >= 11 is 0. The highest BCUT2D eigenvalue weighted by Gasteiger charge is 2.23. The van der Waals surface area contributed by atoms with Gasteiger partial charge >= 0.3 is 0 Å². The smallest absolute Gasteiger partial charge is 0.123 e. The third-order valence-corrected chi connectivity index (χ3v) is 4.67. The maximum atomic E-state index is 6.21. The molecule has 4 heteroatoms. The van der Waals surface area contributed by atoms with Crippen molar-refractivity contribution in [2.45, 2.75) is 26.7 Å². The molecule has 2 N–H and O–H groups in total. The van der Waals surface area contributed by atoms with Gasteiger partial charge in [-0.25, -0.2) is 4.68 Å². The van der Waals surface area contributed by atoms with E-state index in [1.165, 1.54) is 11.1 Å². The number of nitrogens with two attached hydrogens (primary N) is 1. The van der Waals surface area contributed by atoms with Crippen molar-refractivity contribution in [1.29, 1.82) is 0 Å². The highest BCUT2D eigenvalue weighted by molar-refractivity contribution is 5.48. The number of hydrogen-bond donors (Lipinski definition) is 1. The second kappa shape index (κ2) is 7.11. The molecule has 0 aliphatic rings. The summed E-state index contributed by atoms with van der Waals surface area (Å²) in [4.78, 5) is 0. The monoisotopic (exact) mass is 335 g/mol. The minimum atomic E-state index is 0.00987. The van der Waals surface area contributed by atoms with E-state index in [9.17, 15) is 0 Å². The SMILES string of the molecule is COc1cc(C)c(C)cc1C(CN)c1cc(C)nn1-c1ccccc1. The number of nitrogens with zero attached hydrogens (tertiary/aromatic N) is 2. The average molecular weight is 335 g/mol. The number of rotatable bonds is 5. The molecule has 0 aliphatic carbocycles. The van der Waals surface area contributed by atoms with Gasteiger partial charge in [0.2, 0.25) is 0 Å². The third kappa shape index (κ3) is 3.30. The Labute approximate surface area is 149 Å². The summed E-state index contributed by atoms with van der Waals surface area (Å²) in [5.41, 5.74) is 12.8. The van der Waals surface area contributed by atoms with Crippen LogP contribution in [0.15, 0.2) is 48.5 Å². The Morgan fingerprint density at radius 2 is 1.72 bits per heavy atom. The van der Waals surface area contributed by atoms with Gasteiger partial charge in [-0.05, 0) is 56.2 Å². The lowest BCUT2D eigenvalue weighted by atomic mass is 9.91. The Kier molecular flexibility index (Phi) is 4.91. The van der Waals surface area contributed by atoms with Crippen LogP contribution in [0.1, 0.15) is 34.0 Å².